The molecule has 6 heteroatoms. The molecule has 0 unspecified atom stereocenters. The second kappa shape index (κ2) is 8.42. The van der Waals surface area contributed by atoms with Gasteiger partial charge in [0.25, 0.3) is 0 Å². The largest absolute Gasteiger partial charge is 0.381 e. The molecule has 0 bridgehead atoms. The minimum atomic E-state index is 0. The summed E-state index contributed by atoms with van der Waals surface area (Å²) in [4.78, 5) is 4.44. The van der Waals surface area contributed by atoms with Crippen molar-refractivity contribution >= 4 is 41.7 Å². The van der Waals surface area contributed by atoms with Crippen molar-refractivity contribution in [2.45, 2.75) is 37.5 Å². The molecule has 1 heterocycles. The van der Waals surface area contributed by atoms with E-state index in [0.717, 1.165) is 32.6 Å². The SMILES string of the molecule is CSC1(CN=C(N)NC(C)C)CCOCC1.I. The maximum Gasteiger partial charge on any atom is 0.188 e. The number of nitrogens with two attached hydrogens (primary N) is 1. The van der Waals surface area contributed by atoms with Crippen molar-refractivity contribution in [3.05, 3.63) is 0 Å². The molecule has 0 aromatic heterocycles. The zero-order valence-electron chi connectivity index (χ0n) is 10.9. The molecule has 0 aromatic carbocycles. The molecule has 1 fully saturated rings. The van der Waals surface area contributed by atoms with E-state index in [1.807, 2.05) is 11.8 Å². The zero-order chi connectivity index (χ0) is 12.0. The quantitative estimate of drug-likeness (QED) is 0.449. The molecule has 17 heavy (non-hydrogen) atoms. The third kappa shape index (κ3) is 6.15. The Morgan fingerprint density at radius 1 is 1.47 bits per heavy atom. The average molecular weight is 373 g/mol. The summed E-state index contributed by atoms with van der Waals surface area (Å²) >= 11 is 1.88. The maximum atomic E-state index is 5.80. The van der Waals surface area contributed by atoms with Gasteiger partial charge in [-0.15, -0.1) is 24.0 Å². The second-order valence-corrected chi connectivity index (χ2v) is 5.77. The van der Waals surface area contributed by atoms with Gasteiger partial charge in [-0.3, -0.25) is 4.99 Å². The lowest BCUT2D eigenvalue weighted by Crippen LogP contribution is -2.40. The monoisotopic (exact) mass is 373 g/mol. The number of hydrogen-bond acceptors (Lipinski definition) is 3. The first-order valence-corrected chi connectivity index (χ1v) is 7.00. The van der Waals surface area contributed by atoms with Gasteiger partial charge >= 0.3 is 0 Å². The second-order valence-electron chi connectivity index (χ2n) is 4.50. The number of guanidine groups is 1. The fraction of sp³-hybridized carbons (Fsp3) is 0.909. The number of aliphatic imine (C=N–C) groups is 1. The zero-order valence-corrected chi connectivity index (χ0v) is 14.0. The van der Waals surface area contributed by atoms with E-state index in [1.165, 1.54) is 0 Å². The van der Waals surface area contributed by atoms with Crippen molar-refractivity contribution in [1.82, 2.24) is 5.32 Å². The summed E-state index contributed by atoms with van der Waals surface area (Å²) < 4.78 is 5.61. The summed E-state index contributed by atoms with van der Waals surface area (Å²) in [5.41, 5.74) is 5.80. The topological polar surface area (TPSA) is 59.6 Å². The molecule has 0 amide bonds. The summed E-state index contributed by atoms with van der Waals surface area (Å²) in [5, 5.41) is 3.11. The van der Waals surface area contributed by atoms with Crippen molar-refractivity contribution in [3.8, 4) is 0 Å². The van der Waals surface area contributed by atoms with Crippen LogP contribution < -0.4 is 11.1 Å². The molecular formula is C11H24IN3OS. The van der Waals surface area contributed by atoms with Crippen LogP contribution in [0.25, 0.3) is 0 Å². The molecule has 0 spiro atoms. The molecule has 0 atom stereocenters. The number of ether oxygens (including phenoxy) is 1. The molecule has 3 N–H and O–H groups in total. The van der Waals surface area contributed by atoms with Gasteiger partial charge in [-0.05, 0) is 32.9 Å². The van der Waals surface area contributed by atoms with E-state index in [1.54, 1.807) is 0 Å². The molecule has 0 aliphatic carbocycles. The summed E-state index contributed by atoms with van der Waals surface area (Å²) in [5.74, 6) is 0.551. The molecule has 102 valence electrons. The van der Waals surface area contributed by atoms with Crippen LogP contribution in [0.4, 0.5) is 0 Å². The summed E-state index contributed by atoms with van der Waals surface area (Å²) in [7, 11) is 0. The molecule has 0 radical (unpaired) electrons. The van der Waals surface area contributed by atoms with E-state index in [0.29, 0.717) is 12.0 Å². The van der Waals surface area contributed by atoms with E-state index in [-0.39, 0.29) is 28.7 Å². The van der Waals surface area contributed by atoms with Gasteiger partial charge < -0.3 is 15.8 Å². The van der Waals surface area contributed by atoms with Crippen LogP contribution >= 0.6 is 35.7 Å². The Kier molecular flexibility index (Phi) is 8.57. The summed E-state index contributed by atoms with van der Waals surface area (Å²) in [6.45, 7) is 6.58. The predicted octanol–water partition coefficient (Wildman–Crippen LogP) is 1.83. The highest BCUT2D eigenvalue weighted by molar-refractivity contribution is 14.0. The Morgan fingerprint density at radius 3 is 2.53 bits per heavy atom. The fourth-order valence-corrected chi connectivity index (χ4v) is 2.51. The van der Waals surface area contributed by atoms with Gasteiger partial charge in [-0.25, -0.2) is 0 Å². The highest BCUT2D eigenvalue weighted by Gasteiger charge is 2.31. The van der Waals surface area contributed by atoms with Gasteiger partial charge in [0.1, 0.15) is 0 Å². The standard InChI is InChI=1S/C11H23N3OS.HI/c1-9(2)14-10(12)13-8-11(16-3)4-6-15-7-5-11;/h9H,4-8H2,1-3H3,(H3,12,13,14);1H. The van der Waals surface area contributed by atoms with Crippen LogP contribution in [0.5, 0.6) is 0 Å². The lowest BCUT2D eigenvalue weighted by atomic mass is 9.99. The first-order chi connectivity index (χ1) is 7.58. The van der Waals surface area contributed by atoms with E-state index >= 15 is 0 Å². The normalized spacial score (nSPS) is 19.9. The van der Waals surface area contributed by atoms with Gasteiger partial charge in [0.15, 0.2) is 5.96 Å². The minimum absolute atomic E-state index is 0. The lowest BCUT2D eigenvalue weighted by Gasteiger charge is -2.34. The van der Waals surface area contributed by atoms with Gasteiger partial charge in [-0.1, -0.05) is 0 Å². The van der Waals surface area contributed by atoms with Crippen molar-refractivity contribution in [2.24, 2.45) is 10.7 Å². The van der Waals surface area contributed by atoms with E-state index in [4.69, 9.17) is 10.5 Å². The highest BCUT2D eigenvalue weighted by atomic mass is 127. The third-order valence-electron chi connectivity index (χ3n) is 2.81. The molecule has 0 aromatic rings. The number of hydrogen-bond donors (Lipinski definition) is 2. The molecule has 1 rings (SSSR count). The Labute approximate surface area is 126 Å². The smallest absolute Gasteiger partial charge is 0.188 e. The number of nitrogens with one attached hydrogen (secondary N) is 1. The third-order valence-corrected chi connectivity index (χ3v) is 4.21. The highest BCUT2D eigenvalue weighted by Crippen LogP contribution is 2.33. The number of thioether (sulfide) groups is 1. The van der Waals surface area contributed by atoms with Crippen molar-refractivity contribution in [2.75, 3.05) is 26.0 Å². The van der Waals surface area contributed by atoms with Crippen LogP contribution in [0.1, 0.15) is 26.7 Å². The minimum Gasteiger partial charge on any atom is -0.381 e. The number of nitrogens with zero attached hydrogens (tertiary/aromatic N) is 1. The van der Waals surface area contributed by atoms with Crippen molar-refractivity contribution in [3.63, 3.8) is 0 Å². The van der Waals surface area contributed by atoms with Crippen LogP contribution in [0.3, 0.4) is 0 Å². The molecule has 1 aliphatic rings. The fourth-order valence-electron chi connectivity index (χ4n) is 1.74. The van der Waals surface area contributed by atoms with Crippen LogP contribution in [0.2, 0.25) is 0 Å². The van der Waals surface area contributed by atoms with Crippen LogP contribution in [0, 0.1) is 0 Å². The van der Waals surface area contributed by atoms with Gasteiger partial charge in [0.2, 0.25) is 0 Å². The van der Waals surface area contributed by atoms with Crippen LogP contribution in [-0.4, -0.2) is 42.8 Å². The summed E-state index contributed by atoms with van der Waals surface area (Å²) in [6, 6.07) is 0.337. The predicted molar refractivity (Wildman–Crippen MR) is 86.5 cm³/mol. The van der Waals surface area contributed by atoms with Crippen LogP contribution in [-0.2, 0) is 4.74 Å². The Bertz CT molecular complexity index is 243. The van der Waals surface area contributed by atoms with Gasteiger partial charge in [-0.2, -0.15) is 11.8 Å². The van der Waals surface area contributed by atoms with E-state index in [2.05, 4.69) is 30.4 Å². The Hall–Kier alpha value is 0.310. The Balaban J connectivity index is 0.00000256. The van der Waals surface area contributed by atoms with E-state index < -0.39 is 0 Å². The first kappa shape index (κ1) is 17.3. The molecule has 4 nitrogen and oxygen atoms in total. The molecule has 1 saturated heterocycles. The van der Waals surface area contributed by atoms with Crippen molar-refractivity contribution < 1.29 is 4.74 Å². The number of rotatable bonds is 4. The summed E-state index contributed by atoms with van der Waals surface area (Å²) in [6.07, 6.45) is 4.27. The molecule has 0 saturated carbocycles. The van der Waals surface area contributed by atoms with E-state index in [9.17, 15) is 0 Å². The number of halogens is 1. The van der Waals surface area contributed by atoms with Gasteiger partial charge in [0.05, 0.1) is 6.54 Å². The Morgan fingerprint density at radius 2 is 2.06 bits per heavy atom. The lowest BCUT2D eigenvalue weighted by molar-refractivity contribution is 0.0794. The first-order valence-electron chi connectivity index (χ1n) is 5.77. The molecular weight excluding hydrogens is 349 g/mol. The van der Waals surface area contributed by atoms with Gasteiger partial charge in [0, 0.05) is 24.0 Å². The average Bonchev–Trinajstić information content (AvgIpc) is 2.27. The van der Waals surface area contributed by atoms with Crippen molar-refractivity contribution in [1.29, 1.82) is 0 Å². The maximum absolute atomic E-state index is 5.80. The van der Waals surface area contributed by atoms with Crippen LogP contribution in [0.15, 0.2) is 4.99 Å². The molecule has 1 aliphatic heterocycles.